The number of hydrogen-bond donors (Lipinski definition) is 0. The SMILES string of the molecule is [CH2]CCN1Cc2cc(Br)ccc2C1=O. The van der Waals surface area contributed by atoms with Crippen molar-refractivity contribution < 1.29 is 4.79 Å². The summed E-state index contributed by atoms with van der Waals surface area (Å²) >= 11 is 3.40. The van der Waals surface area contributed by atoms with Gasteiger partial charge in [-0.1, -0.05) is 22.9 Å². The average Bonchev–Trinajstić information content (AvgIpc) is 2.44. The lowest BCUT2D eigenvalue weighted by atomic mass is 10.1. The highest BCUT2D eigenvalue weighted by atomic mass is 79.9. The standard InChI is InChI=1S/C11H11BrNO/c1-2-5-13-7-8-6-9(12)3-4-10(8)11(13)14/h3-4,6H,1-2,5,7H2. The first-order chi connectivity index (χ1) is 6.72. The lowest BCUT2D eigenvalue weighted by Gasteiger charge is -2.13. The summed E-state index contributed by atoms with van der Waals surface area (Å²) in [6, 6.07) is 5.80. The van der Waals surface area contributed by atoms with Crippen LogP contribution in [0.2, 0.25) is 0 Å². The summed E-state index contributed by atoms with van der Waals surface area (Å²) in [6.07, 6.45) is 0.765. The minimum Gasteiger partial charge on any atom is -0.334 e. The Balaban J connectivity index is 2.31. The van der Waals surface area contributed by atoms with Crippen LogP contribution in [0.3, 0.4) is 0 Å². The van der Waals surface area contributed by atoms with Crippen molar-refractivity contribution in [2.24, 2.45) is 0 Å². The van der Waals surface area contributed by atoms with Gasteiger partial charge in [0.15, 0.2) is 0 Å². The Labute approximate surface area is 92.0 Å². The molecule has 0 atom stereocenters. The van der Waals surface area contributed by atoms with Gasteiger partial charge >= 0.3 is 0 Å². The van der Waals surface area contributed by atoms with Gasteiger partial charge in [-0.2, -0.15) is 0 Å². The summed E-state index contributed by atoms with van der Waals surface area (Å²) in [5.41, 5.74) is 1.94. The van der Waals surface area contributed by atoms with Crippen LogP contribution >= 0.6 is 15.9 Å². The number of fused-ring (bicyclic) bond motifs is 1. The molecule has 1 amide bonds. The van der Waals surface area contributed by atoms with E-state index < -0.39 is 0 Å². The molecular weight excluding hydrogens is 242 g/mol. The monoisotopic (exact) mass is 252 g/mol. The molecule has 0 aromatic heterocycles. The second-order valence-corrected chi connectivity index (χ2v) is 4.30. The minimum absolute atomic E-state index is 0.135. The maximum Gasteiger partial charge on any atom is 0.254 e. The minimum atomic E-state index is 0.135. The van der Waals surface area contributed by atoms with E-state index in [0.29, 0.717) is 0 Å². The first kappa shape index (κ1) is 9.71. The fourth-order valence-electron chi connectivity index (χ4n) is 1.72. The molecule has 1 aromatic rings. The third-order valence-electron chi connectivity index (χ3n) is 2.37. The molecule has 1 aliphatic heterocycles. The number of nitrogens with zero attached hydrogens (tertiary/aromatic N) is 1. The maximum absolute atomic E-state index is 11.8. The van der Waals surface area contributed by atoms with Gasteiger partial charge in [-0.25, -0.2) is 0 Å². The molecule has 1 heterocycles. The molecular formula is C11H11BrNO. The molecule has 0 fully saturated rings. The summed E-state index contributed by atoms with van der Waals surface area (Å²) in [4.78, 5) is 13.6. The van der Waals surface area contributed by atoms with Gasteiger partial charge in [-0.3, -0.25) is 4.79 Å². The number of amides is 1. The van der Waals surface area contributed by atoms with Crippen molar-refractivity contribution in [1.29, 1.82) is 0 Å². The van der Waals surface area contributed by atoms with Crippen LogP contribution in [0, 0.1) is 6.92 Å². The molecule has 0 N–H and O–H groups in total. The highest BCUT2D eigenvalue weighted by molar-refractivity contribution is 9.10. The van der Waals surface area contributed by atoms with E-state index in [1.165, 1.54) is 0 Å². The summed E-state index contributed by atoms with van der Waals surface area (Å²) in [7, 11) is 0. The van der Waals surface area contributed by atoms with Crippen LogP contribution in [0.1, 0.15) is 22.3 Å². The van der Waals surface area contributed by atoms with E-state index in [1.807, 2.05) is 23.1 Å². The van der Waals surface area contributed by atoms with E-state index in [4.69, 9.17) is 0 Å². The first-order valence-corrected chi connectivity index (χ1v) is 5.38. The molecule has 0 saturated heterocycles. The predicted molar refractivity (Wildman–Crippen MR) is 58.9 cm³/mol. The van der Waals surface area contributed by atoms with Crippen LogP contribution in [0.5, 0.6) is 0 Å². The number of carbonyl (C=O) groups excluding carboxylic acids is 1. The molecule has 0 spiro atoms. The van der Waals surface area contributed by atoms with Gasteiger partial charge < -0.3 is 4.90 Å². The Morgan fingerprint density at radius 2 is 2.29 bits per heavy atom. The molecule has 73 valence electrons. The zero-order valence-electron chi connectivity index (χ0n) is 7.79. The van der Waals surface area contributed by atoms with Crippen molar-refractivity contribution in [3.63, 3.8) is 0 Å². The quantitative estimate of drug-likeness (QED) is 0.793. The maximum atomic E-state index is 11.8. The van der Waals surface area contributed by atoms with Crippen LogP contribution in [-0.4, -0.2) is 17.4 Å². The lowest BCUT2D eigenvalue weighted by Crippen LogP contribution is -2.24. The molecule has 0 saturated carbocycles. The first-order valence-electron chi connectivity index (χ1n) is 4.59. The zero-order valence-corrected chi connectivity index (χ0v) is 9.38. The molecule has 14 heavy (non-hydrogen) atoms. The summed E-state index contributed by atoms with van der Waals surface area (Å²) < 4.78 is 1.03. The van der Waals surface area contributed by atoms with Gasteiger partial charge in [0.2, 0.25) is 0 Å². The summed E-state index contributed by atoms with van der Waals surface area (Å²) in [5.74, 6) is 0.135. The molecule has 0 unspecified atom stereocenters. The van der Waals surface area contributed by atoms with Crippen LogP contribution in [0.25, 0.3) is 0 Å². The molecule has 2 nitrogen and oxygen atoms in total. The highest BCUT2D eigenvalue weighted by Crippen LogP contribution is 2.25. The van der Waals surface area contributed by atoms with Gasteiger partial charge in [0.25, 0.3) is 5.91 Å². The van der Waals surface area contributed by atoms with Crippen molar-refractivity contribution in [2.75, 3.05) is 6.54 Å². The van der Waals surface area contributed by atoms with Crippen LogP contribution in [0.4, 0.5) is 0 Å². The smallest absolute Gasteiger partial charge is 0.254 e. The summed E-state index contributed by atoms with van der Waals surface area (Å²) in [5, 5.41) is 0. The van der Waals surface area contributed by atoms with Crippen LogP contribution in [0.15, 0.2) is 22.7 Å². The second-order valence-electron chi connectivity index (χ2n) is 3.38. The Kier molecular flexibility index (Phi) is 2.59. The predicted octanol–water partition coefficient (Wildman–Crippen LogP) is 2.63. The highest BCUT2D eigenvalue weighted by Gasteiger charge is 2.26. The Bertz CT molecular complexity index is 376. The largest absolute Gasteiger partial charge is 0.334 e. The van der Waals surface area contributed by atoms with Crippen molar-refractivity contribution in [3.05, 3.63) is 40.7 Å². The van der Waals surface area contributed by atoms with E-state index in [-0.39, 0.29) is 5.91 Å². The summed E-state index contributed by atoms with van der Waals surface area (Å²) in [6.45, 7) is 5.23. The molecule has 2 rings (SSSR count). The Morgan fingerprint density at radius 1 is 1.50 bits per heavy atom. The number of carbonyl (C=O) groups is 1. The van der Waals surface area contributed by atoms with Gasteiger partial charge in [0, 0.05) is 23.1 Å². The van der Waals surface area contributed by atoms with Crippen molar-refractivity contribution in [3.8, 4) is 0 Å². The van der Waals surface area contributed by atoms with Crippen LogP contribution in [-0.2, 0) is 6.54 Å². The molecule has 1 radical (unpaired) electrons. The molecule has 0 aliphatic carbocycles. The fraction of sp³-hybridized carbons (Fsp3) is 0.273. The normalized spacial score (nSPS) is 14.7. The number of rotatable bonds is 2. The van der Waals surface area contributed by atoms with E-state index in [9.17, 15) is 4.79 Å². The molecule has 0 bridgehead atoms. The molecule has 3 heteroatoms. The van der Waals surface area contributed by atoms with Crippen molar-refractivity contribution in [1.82, 2.24) is 4.90 Å². The topological polar surface area (TPSA) is 20.3 Å². The Hall–Kier alpha value is -0.830. The van der Waals surface area contributed by atoms with E-state index in [2.05, 4.69) is 22.9 Å². The number of hydrogen-bond acceptors (Lipinski definition) is 1. The van der Waals surface area contributed by atoms with E-state index in [0.717, 1.165) is 35.1 Å². The Morgan fingerprint density at radius 3 is 3.00 bits per heavy atom. The van der Waals surface area contributed by atoms with Gasteiger partial charge in [-0.05, 0) is 30.2 Å². The van der Waals surface area contributed by atoms with Crippen molar-refractivity contribution in [2.45, 2.75) is 13.0 Å². The lowest BCUT2D eigenvalue weighted by molar-refractivity contribution is 0.0781. The van der Waals surface area contributed by atoms with Gasteiger partial charge in [0.1, 0.15) is 0 Å². The zero-order chi connectivity index (χ0) is 10.1. The van der Waals surface area contributed by atoms with E-state index >= 15 is 0 Å². The van der Waals surface area contributed by atoms with Gasteiger partial charge in [0.05, 0.1) is 0 Å². The van der Waals surface area contributed by atoms with Gasteiger partial charge in [-0.15, -0.1) is 0 Å². The third kappa shape index (κ3) is 1.57. The van der Waals surface area contributed by atoms with E-state index in [1.54, 1.807) is 0 Å². The number of benzene rings is 1. The van der Waals surface area contributed by atoms with Crippen LogP contribution < -0.4 is 0 Å². The molecule has 1 aromatic carbocycles. The fourth-order valence-corrected chi connectivity index (χ4v) is 2.13. The number of halogens is 1. The average molecular weight is 253 g/mol. The second kappa shape index (κ2) is 3.73. The molecule has 1 aliphatic rings. The van der Waals surface area contributed by atoms with Crippen molar-refractivity contribution >= 4 is 21.8 Å². The third-order valence-corrected chi connectivity index (χ3v) is 2.87.